The number of aromatic nitrogens is 1. The van der Waals surface area contributed by atoms with Gasteiger partial charge in [0.05, 0.1) is 12.3 Å². The molecule has 3 nitrogen and oxygen atoms in total. The van der Waals surface area contributed by atoms with E-state index in [2.05, 4.69) is 25.8 Å². The van der Waals surface area contributed by atoms with Gasteiger partial charge in [-0.1, -0.05) is 26.8 Å². The maximum absolute atomic E-state index is 9.14. The molecular formula is C16H23NO2. The second-order valence-corrected chi connectivity index (χ2v) is 6.84. The van der Waals surface area contributed by atoms with Crippen molar-refractivity contribution in [3.8, 4) is 5.88 Å². The maximum atomic E-state index is 9.14. The van der Waals surface area contributed by atoms with Crippen molar-refractivity contribution in [2.45, 2.75) is 52.7 Å². The van der Waals surface area contributed by atoms with Gasteiger partial charge >= 0.3 is 0 Å². The second kappa shape index (κ2) is 4.20. The molecule has 3 atom stereocenters. The van der Waals surface area contributed by atoms with Gasteiger partial charge in [-0.2, -0.15) is 0 Å². The summed E-state index contributed by atoms with van der Waals surface area (Å²) in [7, 11) is 0. The van der Waals surface area contributed by atoms with Gasteiger partial charge in [0.15, 0.2) is 0 Å². The van der Waals surface area contributed by atoms with Crippen LogP contribution in [-0.4, -0.2) is 16.2 Å². The molecule has 0 radical (unpaired) electrons. The van der Waals surface area contributed by atoms with Crippen molar-refractivity contribution >= 4 is 0 Å². The highest BCUT2D eigenvalue weighted by molar-refractivity contribution is 5.18. The molecule has 2 bridgehead atoms. The summed E-state index contributed by atoms with van der Waals surface area (Å²) in [5.41, 5.74) is 1.27. The summed E-state index contributed by atoms with van der Waals surface area (Å²) in [6, 6.07) is 5.61. The lowest BCUT2D eigenvalue weighted by atomic mass is 9.70. The van der Waals surface area contributed by atoms with Gasteiger partial charge < -0.3 is 9.84 Å². The van der Waals surface area contributed by atoms with E-state index in [9.17, 15) is 0 Å². The molecule has 2 aliphatic rings. The molecule has 0 aromatic carbocycles. The van der Waals surface area contributed by atoms with Crippen LogP contribution in [0.5, 0.6) is 5.88 Å². The van der Waals surface area contributed by atoms with Gasteiger partial charge in [0.1, 0.15) is 6.10 Å². The van der Waals surface area contributed by atoms with Crippen LogP contribution in [0, 0.1) is 16.7 Å². The number of rotatable bonds is 3. The van der Waals surface area contributed by atoms with Crippen LogP contribution in [0.2, 0.25) is 0 Å². The van der Waals surface area contributed by atoms with Crippen LogP contribution in [0.15, 0.2) is 18.2 Å². The SMILES string of the molecule is CC1(C)C2CCC1(C)C(Oc1cccc(CO)n1)C2. The highest BCUT2D eigenvalue weighted by Crippen LogP contribution is 2.66. The van der Waals surface area contributed by atoms with E-state index < -0.39 is 0 Å². The van der Waals surface area contributed by atoms with E-state index in [0.717, 1.165) is 12.3 Å². The molecule has 0 spiro atoms. The van der Waals surface area contributed by atoms with E-state index in [4.69, 9.17) is 9.84 Å². The fourth-order valence-electron chi connectivity index (χ4n) is 4.07. The molecule has 0 aliphatic heterocycles. The predicted molar refractivity (Wildman–Crippen MR) is 73.8 cm³/mol. The quantitative estimate of drug-likeness (QED) is 0.908. The van der Waals surface area contributed by atoms with Crippen LogP contribution in [0.3, 0.4) is 0 Å². The van der Waals surface area contributed by atoms with Crippen molar-refractivity contribution < 1.29 is 9.84 Å². The molecule has 1 heterocycles. The van der Waals surface area contributed by atoms with E-state index in [1.165, 1.54) is 12.8 Å². The first-order valence-electron chi connectivity index (χ1n) is 7.21. The summed E-state index contributed by atoms with van der Waals surface area (Å²) < 4.78 is 6.17. The summed E-state index contributed by atoms with van der Waals surface area (Å²) >= 11 is 0. The van der Waals surface area contributed by atoms with Crippen molar-refractivity contribution in [2.24, 2.45) is 16.7 Å². The van der Waals surface area contributed by atoms with Gasteiger partial charge in [-0.15, -0.1) is 0 Å². The van der Waals surface area contributed by atoms with Gasteiger partial charge in [0, 0.05) is 11.5 Å². The maximum Gasteiger partial charge on any atom is 0.213 e. The summed E-state index contributed by atoms with van der Waals surface area (Å²) in [5.74, 6) is 1.42. The van der Waals surface area contributed by atoms with Crippen LogP contribution < -0.4 is 4.74 Å². The molecule has 2 fully saturated rings. The Balaban J connectivity index is 1.82. The summed E-state index contributed by atoms with van der Waals surface area (Å²) in [6.07, 6.45) is 3.96. The molecule has 2 aliphatic carbocycles. The average molecular weight is 261 g/mol. The smallest absolute Gasteiger partial charge is 0.213 e. The second-order valence-electron chi connectivity index (χ2n) is 6.84. The normalized spacial score (nSPS) is 35.6. The molecule has 3 unspecified atom stereocenters. The van der Waals surface area contributed by atoms with Gasteiger partial charge in [0.2, 0.25) is 5.88 Å². The van der Waals surface area contributed by atoms with Crippen molar-refractivity contribution in [2.75, 3.05) is 0 Å². The third-order valence-electron chi connectivity index (χ3n) is 5.92. The molecule has 2 saturated carbocycles. The van der Waals surface area contributed by atoms with Crippen LogP contribution in [0.4, 0.5) is 0 Å². The number of aliphatic hydroxyl groups excluding tert-OH is 1. The minimum Gasteiger partial charge on any atom is -0.474 e. The third kappa shape index (κ3) is 1.78. The Bertz CT molecular complexity index is 485. The van der Waals surface area contributed by atoms with Crippen molar-refractivity contribution in [3.63, 3.8) is 0 Å². The number of ether oxygens (including phenoxy) is 1. The van der Waals surface area contributed by atoms with Gasteiger partial charge in [-0.25, -0.2) is 4.98 Å². The topological polar surface area (TPSA) is 42.4 Å². The van der Waals surface area contributed by atoms with E-state index >= 15 is 0 Å². The molecule has 1 aromatic heterocycles. The molecule has 104 valence electrons. The third-order valence-corrected chi connectivity index (χ3v) is 5.92. The lowest BCUT2D eigenvalue weighted by molar-refractivity contribution is 0.0270. The average Bonchev–Trinajstić information content (AvgIpc) is 2.72. The van der Waals surface area contributed by atoms with E-state index in [1.807, 2.05) is 18.2 Å². The molecule has 1 aromatic rings. The monoisotopic (exact) mass is 261 g/mol. The summed E-state index contributed by atoms with van der Waals surface area (Å²) in [6.45, 7) is 7.09. The zero-order valence-corrected chi connectivity index (χ0v) is 12.0. The Morgan fingerprint density at radius 1 is 1.37 bits per heavy atom. The van der Waals surface area contributed by atoms with Crippen LogP contribution in [0.1, 0.15) is 45.7 Å². The number of pyridine rings is 1. The van der Waals surface area contributed by atoms with Gasteiger partial charge in [-0.05, 0) is 36.7 Å². The van der Waals surface area contributed by atoms with E-state index in [0.29, 0.717) is 17.0 Å². The zero-order valence-electron chi connectivity index (χ0n) is 12.0. The Labute approximate surface area is 115 Å². The van der Waals surface area contributed by atoms with Crippen LogP contribution >= 0.6 is 0 Å². The molecule has 1 N–H and O–H groups in total. The van der Waals surface area contributed by atoms with Gasteiger partial charge in [-0.3, -0.25) is 0 Å². The van der Waals surface area contributed by atoms with Crippen LogP contribution in [-0.2, 0) is 6.61 Å². The van der Waals surface area contributed by atoms with Crippen molar-refractivity contribution in [1.82, 2.24) is 4.98 Å². The highest BCUT2D eigenvalue weighted by atomic mass is 16.5. The van der Waals surface area contributed by atoms with Crippen molar-refractivity contribution in [1.29, 1.82) is 0 Å². The van der Waals surface area contributed by atoms with E-state index in [-0.39, 0.29) is 18.1 Å². The summed E-state index contributed by atoms with van der Waals surface area (Å²) in [4.78, 5) is 4.34. The predicted octanol–water partition coefficient (Wildman–Crippen LogP) is 3.17. The number of hydrogen-bond donors (Lipinski definition) is 1. The summed E-state index contributed by atoms with van der Waals surface area (Å²) in [5, 5.41) is 9.14. The van der Waals surface area contributed by atoms with E-state index in [1.54, 1.807) is 0 Å². The Kier molecular flexibility index (Phi) is 2.86. The molecular weight excluding hydrogens is 238 g/mol. The minimum absolute atomic E-state index is 0.0345. The number of aliphatic hydroxyl groups is 1. The number of nitrogens with zero attached hydrogens (tertiary/aromatic N) is 1. The Morgan fingerprint density at radius 2 is 2.16 bits per heavy atom. The first-order chi connectivity index (χ1) is 8.97. The Morgan fingerprint density at radius 3 is 2.74 bits per heavy atom. The molecule has 3 heteroatoms. The zero-order chi connectivity index (χ0) is 13.7. The standard InChI is InChI=1S/C16H23NO2/c1-15(2)11-7-8-16(15,3)13(9-11)19-14-6-4-5-12(10-18)17-14/h4-6,11,13,18H,7-10H2,1-3H3. The first-order valence-corrected chi connectivity index (χ1v) is 7.21. The minimum atomic E-state index is -0.0345. The first kappa shape index (κ1) is 12.9. The number of hydrogen-bond acceptors (Lipinski definition) is 3. The number of fused-ring (bicyclic) bond motifs is 2. The fourth-order valence-corrected chi connectivity index (χ4v) is 4.07. The molecule has 0 amide bonds. The highest BCUT2D eigenvalue weighted by Gasteiger charge is 2.62. The van der Waals surface area contributed by atoms with Crippen molar-refractivity contribution in [3.05, 3.63) is 23.9 Å². The molecule has 0 saturated heterocycles. The lowest BCUT2D eigenvalue weighted by Gasteiger charge is -2.38. The Hall–Kier alpha value is -1.09. The van der Waals surface area contributed by atoms with Crippen LogP contribution in [0.25, 0.3) is 0 Å². The molecule has 3 rings (SSSR count). The van der Waals surface area contributed by atoms with Gasteiger partial charge in [0.25, 0.3) is 0 Å². The fraction of sp³-hybridized carbons (Fsp3) is 0.688. The lowest BCUT2D eigenvalue weighted by Crippen LogP contribution is -2.39. The largest absolute Gasteiger partial charge is 0.474 e. The molecule has 19 heavy (non-hydrogen) atoms.